The fourth-order valence-electron chi connectivity index (χ4n) is 9.11. The van der Waals surface area contributed by atoms with Gasteiger partial charge in [0.25, 0.3) is 0 Å². The van der Waals surface area contributed by atoms with Gasteiger partial charge in [-0.15, -0.1) is 0 Å². The van der Waals surface area contributed by atoms with E-state index in [4.69, 9.17) is 4.74 Å². The molecule has 0 aliphatic heterocycles. The quantitative estimate of drug-likeness (QED) is 0.0321. The largest absolute Gasteiger partial charge is 0.466 e. The molecule has 6 heteroatoms. The van der Waals surface area contributed by atoms with Gasteiger partial charge in [0.15, 0.2) is 0 Å². The summed E-state index contributed by atoms with van der Waals surface area (Å²) in [4.78, 5) is 24.5. The summed E-state index contributed by atoms with van der Waals surface area (Å²) in [5, 5.41) is 23.2. The molecule has 2 unspecified atom stereocenters. The Kier molecular flexibility index (Phi) is 53.0. The van der Waals surface area contributed by atoms with E-state index in [9.17, 15) is 19.8 Å². The van der Waals surface area contributed by atoms with Crippen molar-refractivity contribution in [1.29, 1.82) is 0 Å². The van der Waals surface area contributed by atoms with Crippen LogP contribution in [-0.2, 0) is 14.3 Å². The Labute approximate surface area is 399 Å². The lowest BCUT2D eigenvalue weighted by atomic mass is 10.0. The average Bonchev–Trinajstić information content (AvgIpc) is 3.29. The van der Waals surface area contributed by atoms with Crippen LogP contribution in [0.2, 0.25) is 0 Å². The van der Waals surface area contributed by atoms with Crippen molar-refractivity contribution in [1.82, 2.24) is 5.32 Å². The highest BCUT2D eigenvalue weighted by atomic mass is 16.5. The maximum Gasteiger partial charge on any atom is 0.305 e. The highest BCUT2D eigenvalue weighted by Crippen LogP contribution is 2.17. The molecule has 0 saturated heterocycles. The van der Waals surface area contributed by atoms with Gasteiger partial charge < -0.3 is 20.3 Å². The summed E-state index contributed by atoms with van der Waals surface area (Å²) in [6, 6.07) is -0.542. The van der Waals surface area contributed by atoms with Crippen LogP contribution < -0.4 is 5.32 Å². The van der Waals surface area contributed by atoms with Crippen LogP contribution in [0.15, 0.2) is 12.2 Å². The maximum absolute atomic E-state index is 12.4. The molecule has 3 N–H and O–H groups in total. The number of nitrogens with one attached hydrogen (secondary N) is 1. The molecule has 0 bridgehead atoms. The standard InChI is InChI=1S/C58H113NO5/c1-3-5-7-9-11-13-15-16-17-18-22-25-28-32-36-40-44-48-52-58(63)64-53-49-45-41-37-33-29-26-23-20-19-21-24-27-31-35-39-43-47-51-57(62)59-55(54-60)56(61)50-46-42-38-34-30-14-12-10-8-6-4-2/h17-18,55-56,60-61H,3-16,19-54H2,1-2H3,(H,59,62)/b18-17-. The number of aliphatic hydroxyl groups excluding tert-OH is 2. The highest BCUT2D eigenvalue weighted by molar-refractivity contribution is 5.76. The molecule has 1 amide bonds. The van der Waals surface area contributed by atoms with E-state index < -0.39 is 12.1 Å². The lowest BCUT2D eigenvalue weighted by molar-refractivity contribution is -0.143. The van der Waals surface area contributed by atoms with E-state index in [1.165, 1.54) is 244 Å². The molecule has 0 rings (SSSR count). The minimum Gasteiger partial charge on any atom is -0.466 e. The Morgan fingerprint density at radius 3 is 1.11 bits per heavy atom. The third kappa shape index (κ3) is 50.0. The van der Waals surface area contributed by atoms with Gasteiger partial charge in [-0.25, -0.2) is 0 Å². The maximum atomic E-state index is 12.4. The third-order valence-electron chi connectivity index (χ3n) is 13.6. The zero-order chi connectivity index (χ0) is 46.5. The van der Waals surface area contributed by atoms with Crippen molar-refractivity contribution in [2.45, 2.75) is 334 Å². The van der Waals surface area contributed by atoms with Crippen LogP contribution >= 0.6 is 0 Å². The Hall–Kier alpha value is -1.40. The number of carbonyl (C=O) groups excluding carboxylic acids is 2. The van der Waals surface area contributed by atoms with Crippen molar-refractivity contribution in [2.75, 3.05) is 13.2 Å². The molecular formula is C58H113NO5. The first-order valence-corrected chi connectivity index (χ1v) is 28.9. The van der Waals surface area contributed by atoms with Crippen LogP contribution in [0, 0.1) is 0 Å². The number of esters is 1. The number of hydrogen-bond donors (Lipinski definition) is 3. The van der Waals surface area contributed by atoms with Gasteiger partial charge in [0.05, 0.1) is 25.4 Å². The van der Waals surface area contributed by atoms with Gasteiger partial charge in [0.1, 0.15) is 0 Å². The molecule has 0 aromatic heterocycles. The number of carbonyl (C=O) groups is 2. The van der Waals surface area contributed by atoms with Crippen molar-refractivity contribution in [3.63, 3.8) is 0 Å². The van der Waals surface area contributed by atoms with Gasteiger partial charge in [0.2, 0.25) is 5.91 Å². The number of amides is 1. The van der Waals surface area contributed by atoms with E-state index in [0.717, 1.165) is 44.9 Å². The van der Waals surface area contributed by atoms with Crippen molar-refractivity contribution in [3.8, 4) is 0 Å². The second-order valence-corrected chi connectivity index (χ2v) is 20.0. The van der Waals surface area contributed by atoms with E-state index in [2.05, 4.69) is 31.3 Å². The van der Waals surface area contributed by atoms with Gasteiger partial charge in [-0.05, 0) is 51.4 Å². The zero-order valence-electron chi connectivity index (χ0n) is 43.3. The Bertz CT molecular complexity index is 955. The molecular weight excluding hydrogens is 791 g/mol. The van der Waals surface area contributed by atoms with Gasteiger partial charge in [0, 0.05) is 12.8 Å². The summed E-state index contributed by atoms with van der Waals surface area (Å²) in [5.41, 5.74) is 0. The summed E-state index contributed by atoms with van der Waals surface area (Å²) < 4.78 is 5.49. The van der Waals surface area contributed by atoms with Crippen molar-refractivity contribution in [2.24, 2.45) is 0 Å². The summed E-state index contributed by atoms with van der Waals surface area (Å²) in [6.45, 7) is 4.95. The Morgan fingerprint density at radius 1 is 0.422 bits per heavy atom. The molecule has 0 aromatic rings. The minimum atomic E-state index is -0.665. The van der Waals surface area contributed by atoms with E-state index in [1.807, 2.05) is 0 Å². The fourth-order valence-corrected chi connectivity index (χ4v) is 9.11. The van der Waals surface area contributed by atoms with Crippen LogP contribution in [0.4, 0.5) is 0 Å². The van der Waals surface area contributed by atoms with Crippen molar-refractivity contribution >= 4 is 11.9 Å². The first kappa shape index (κ1) is 62.6. The SMILES string of the molecule is CCCCCCCCC/C=C\CCCCCCCCCC(=O)OCCCCCCCCCCCCCCCCCCCCC(=O)NC(CO)C(O)CCCCCCCCCCCCC. The van der Waals surface area contributed by atoms with Crippen LogP contribution in [0.25, 0.3) is 0 Å². The minimum absolute atomic E-state index is 0.00484. The number of aliphatic hydroxyl groups is 2. The van der Waals surface area contributed by atoms with Crippen molar-refractivity contribution < 1.29 is 24.5 Å². The molecule has 0 fully saturated rings. The van der Waals surface area contributed by atoms with Gasteiger partial charge in [-0.3, -0.25) is 9.59 Å². The van der Waals surface area contributed by atoms with Crippen molar-refractivity contribution in [3.05, 3.63) is 12.2 Å². The second-order valence-electron chi connectivity index (χ2n) is 20.0. The second kappa shape index (κ2) is 54.2. The Balaban J connectivity index is 3.37. The lowest BCUT2D eigenvalue weighted by Crippen LogP contribution is -2.45. The number of unbranched alkanes of at least 4 members (excludes halogenated alkanes) is 41. The monoisotopic (exact) mass is 904 g/mol. The third-order valence-corrected chi connectivity index (χ3v) is 13.6. The lowest BCUT2D eigenvalue weighted by Gasteiger charge is -2.22. The summed E-state index contributed by atoms with van der Waals surface area (Å²) in [7, 11) is 0. The summed E-state index contributed by atoms with van der Waals surface area (Å²) >= 11 is 0. The molecule has 0 radical (unpaired) electrons. The van der Waals surface area contributed by atoms with Gasteiger partial charge in [-0.1, -0.05) is 270 Å². The molecule has 0 aliphatic rings. The number of allylic oxidation sites excluding steroid dienone is 2. The molecule has 0 aromatic carbocycles. The smallest absolute Gasteiger partial charge is 0.305 e. The molecule has 0 heterocycles. The van der Waals surface area contributed by atoms with Gasteiger partial charge >= 0.3 is 5.97 Å². The average molecular weight is 905 g/mol. The van der Waals surface area contributed by atoms with E-state index in [0.29, 0.717) is 25.9 Å². The highest BCUT2D eigenvalue weighted by Gasteiger charge is 2.20. The normalized spacial score (nSPS) is 12.6. The molecule has 0 aliphatic carbocycles. The molecule has 64 heavy (non-hydrogen) atoms. The predicted octanol–water partition coefficient (Wildman–Crippen LogP) is 17.7. The zero-order valence-corrected chi connectivity index (χ0v) is 43.3. The van der Waals surface area contributed by atoms with E-state index in [-0.39, 0.29) is 18.5 Å². The molecule has 2 atom stereocenters. The summed E-state index contributed by atoms with van der Waals surface area (Å²) in [5.74, 6) is -0.0341. The number of ether oxygens (including phenoxy) is 1. The predicted molar refractivity (Wildman–Crippen MR) is 278 cm³/mol. The van der Waals surface area contributed by atoms with Crippen LogP contribution in [0.1, 0.15) is 322 Å². The molecule has 6 nitrogen and oxygen atoms in total. The molecule has 380 valence electrons. The molecule has 0 spiro atoms. The van der Waals surface area contributed by atoms with Crippen LogP contribution in [0.3, 0.4) is 0 Å². The van der Waals surface area contributed by atoms with E-state index >= 15 is 0 Å². The van der Waals surface area contributed by atoms with E-state index in [1.54, 1.807) is 0 Å². The first-order valence-electron chi connectivity index (χ1n) is 28.9. The topological polar surface area (TPSA) is 95.9 Å². The first-order chi connectivity index (χ1) is 31.5. The molecule has 0 saturated carbocycles. The number of rotatable bonds is 54. The van der Waals surface area contributed by atoms with Crippen LogP contribution in [-0.4, -0.2) is 47.4 Å². The Morgan fingerprint density at radius 2 is 0.734 bits per heavy atom. The fraction of sp³-hybridized carbons (Fsp3) is 0.931. The number of hydrogen-bond acceptors (Lipinski definition) is 5. The van der Waals surface area contributed by atoms with Crippen LogP contribution in [0.5, 0.6) is 0 Å². The summed E-state index contributed by atoms with van der Waals surface area (Å²) in [6.07, 6.45) is 63.5. The van der Waals surface area contributed by atoms with Gasteiger partial charge in [-0.2, -0.15) is 0 Å².